The van der Waals surface area contributed by atoms with Crippen LogP contribution in [0.1, 0.15) is 44.6 Å². The van der Waals surface area contributed by atoms with E-state index >= 15 is 0 Å². The molecule has 1 aliphatic heterocycles. The number of hydrogen-bond acceptors (Lipinski definition) is 3. The molecule has 0 amide bonds. The second-order valence-electron chi connectivity index (χ2n) is 6.28. The van der Waals surface area contributed by atoms with Crippen LogP contribution in [0.15, 0.2) is 6.20 Å². The molecular formula is C14H25N3O. The molecule has 102 valence electrons. The summed E-state index contributed by atoms with van der Waals surface area (Å²) in [5, 5.41) is 7.90. The zero-order chi connectivity index (χ0) is 13.3. The molecule has 0 aliphatic carbocycles. The number of ether oxygens (including phenoxy) is 1. The van der Waals surface area contributed by atoms with E-state index in [1.807, 2.05) is 17.9 Å². The molecule has 1 aromatic rings. The largest absolute Gasteiger partial charge is 0.373 e. The molecule has 0 bridgehead atoms. The maximum atomic E-state index is 5.92. The Bertz CT molecular complexity index is 406. The van der Waals surface area contributed by atoms with E-state index in [0.717, 1.165) is 19.6 Å². The SMILES string of the molecule is Cc1c(C2OCCC2CNC(C)(C)C)cnn1C. The summed E-state index contributed by atoms with van der Waals surface area (Å²) in [5.41, 5.74) is 2.62. The number of rotatable bonds is 3. The summed E-state index contributed by atoms with van der Waals surface area (Å²) < 4.78 is 7.84. The van der Waals surface area contributed by atoms with E-state index in [0.29, 0.717) is 5.92 Å². The fourth-order valence-corrected chi connectivity index (χ4v) is 2.42. The van der Waals surface area contributed by atoms with Crippen LogP contribution in [0.3, 0.4) is 0 Å². The maximum absolute atomic E-state index is 5.92. The number of nitrogens with zero attached hydrogens (tertiary/aromatic N) is 2. The lowest BCUT2D eigenvalue weighted by molar-refractivity contribution is 0.0883. The topological polar surface area (TPSA) is 39.1 Å². The Morgan fingerprint density at radius 2 is 2.22 bits per heavy atom. The summed E-state index contributed by atoms with van der Waals surface area (Å²) in [7, 11) is 1.98. The number of aryl methyl sites for hydroxylation is 1. The first kappa shape index (κ1) is 13.6. The molecule has 0 aromatic carbocycles. The molecule has 4 heteroatoms. The van der Waals surface area contributed by atoms with Gasteiger partial charge in [-0.15, -0.1) is 0 Å². The fraction of sp³-hybridized carbons (Fsp3) is 0.786. The summed E-state index contributed by atoms with van der Waals surface area (Å²) in [4.78, 5) is 0. The van der Waals surface area contributed by atoms with Crippen LogP contribution in [0.4, 0.5) is 0 Å². The highest BCUT2D eigenvalue weighted by Gasteiger charge is 2.32. The van der Waals surface area contributed by atoms with E-state index in [1.165, 1.54) is 11.3 Å². The highest BCUT2D eigenvalue weighted by molar-refractivity contribution is 5.21. The fourth-order valence-electron chi connectivity index (χ4n) is 2.42. The Hall–Kier alpha value is -0.870. The predicted molar refractivity (Wildman–Crippen MR) is 72.5 cm³/mol. The van der Waals surface area contributed by atoms with E-state index in [1.54, 1.807) is 0 Å². The number of nitrogens with one attached hydrogen (secondary N) is 1. The smallest absolute Gasteiger partial charge is 0.0899 e. The first-order chi connectivity index (χ1) is 8.38. The minimum Gasteiger partial charge on any atom is -0.373 e. The Morgan fingerprint density at radius 3 is 2.78 bits per heavy atom. The lowest BCUT2D eigenvalue weighted by Gasteiger charge is -2.25. The predicted octanol–water partition coefficient (Wildman–Crippen LogP) is 2.19. The zero-order valence-electron chi connectivity index (χ0n) is 12.2. The van der Waals surface area contributed by atoms with Crippen molar-refractivity contribution in [3.63, 3.8) is 0 Å². The minimum atomic E-state index is 0.164. The summed E-state index contributed by atoms with van der Waals surface area (Å²) in [6.45, 7) is 10.6. The van der Waals surface area contributed by atoms with Gasteiger partial charge in [0.25, 0.3) is 0 Å². The Balaban J connectivity index is 2.06. The van der Waals surface area contributed by atoms with E-state index in [2.05, 4.69) is 38.1 Å². The van der Waals surface area contributed by atoms with Crippen molar-refractivity contribution in [2.24, 2.45) is 13.0 Å². The van der Waals surface area contributed by atoms with Crippen LogP contribution in [0.25, 0.3) is 0 Å². The highest BCUT2D eigenvalue weighted by atomic mass is 16.5. The van der Waals surface area contributed by atoms with Gasteiger partial charge in [0, 0.05) is 42.9 Å². The normalized spacial score (nSPS) is 24.7. The molecule has 2 unspecified atom stereocenters. The van der Waals surface area contributed by atoms with Gasteiger partial charge in [-0.1, -0.05) is 0 Å². The van der Waals surface area contributed by atoms with E-state index in [-0.39, 0.29) is 11.6 Å². The van der Waals surface area contributed by atoms with E-state index < -0.39 is 0 Å². The van der Waals surface area contributed by atoms with Gasteiger partial charge in [0.2, 0.25) is 0 Å². The summed E-state index contributed by atoms with van der Waals surface area (Å²) in [6.07, 6.45) is 3.28. The standard InChI is InChI=1S/C14H25N3O/c1-10-12(9-16-17(10)5)13-11(6-7-18-13)8-15-14(2,3)4/h9,11,13,15H,6-8H2,1-5H3. The Kier molecular flexibility index (Phi) is 3.78. The molecule has 18 heavy (non-hydrogen) atoms. The molecule has 1 fully saturated rings. The van der Waals surface area contributed by atoms with Crippen molar-refractivity contribution in [3.8, 4) is 0 Å². The Labute approximate surface area is 110 Å². The van der Waals surface area contributed by atoms with Gasteiger partial charge in [0.1, 0.15) is 0 Å². The van der Waals surface area contributed by atoms with Crippen molar-refractivity contribution in [1.29, 1.82) is 0 Å². The van der Waals surface area contributed by atoms with Gasteiger partial charge < -0.3 is 10.1 Å². The third-order valence-electron chi connectivity index (χ3n) is 3.69. The van der Waals surface area contributed by atoms with Crippen molar-refractivity contribution in [3.05, 3.63) is 17.5 Å². The molecule has 0 spiro atoms. The maximum Gasteiger partial charge on any atom is 0.0899 e. The highest BCUT2D eigenvalue weighted by Crippen LogP contribution is 2.35. The molecule has 1 aliphatic rings. The third kappa shape index (κ3) is 2.93. The molecule has 4 nitrogen and oxygen atoms in total. The van der Waals surface area contributed by atoms with E-state index in [4.69, 9.17) is 4.74 Å². The summed E-state index contributed by atoms with van der Waals surface area (Å²) >= 11 is 0. The lowest BCUT2D eigenvalue weighted by Crippen LogP contribution is -2.39. The minimum absolute atomic E-state index is 0.164. The van der Waals surface area contributed by atoms with Crippen molar-refractivity contribution >= 4 is 0 Å². The van der Waals surface area contributed by atoms with Crippen LogP contribution in [-0.4, -0.2) is 28.5 Å². The van der Waals surface area contributed by atoms with Crippen LogP contribution in [0.2, 0.25) is 0 Å². The monoisotopic (exact) mass is 251 g/mol. The van der Waals surface area contributed by atoms with Crippen LogP contribution in [0.5, 0.6) is 0 Å². The van der Waals surface area contributed by atoms with Gasteiger partial charge in [-0.3, -0.25) is 4.68 Å². The van der Waals surface area contributed by atoms with Gasteiger partial charge in [-0.25, -0.2) is 0 Å². The van der Waals surface area contributed by atoms with Gasteiger partial charge in [-0.05, 0) is 34.1 Å². The molecule has 1 N–H and O–H groups in total. The van der Waals surface area contributed by atoms with Crippen LogP contribution in [0, 0.1) is 12.8 Å². The zero-order valence-corrected chi connectivity index (χ0v) is 12.2. The Morgan fingerprint density at radius 1 is 1.50 bits per heavy atom. The van der Waals surface area contributed by atoms with Crippen molar-refractivity contribution in [1.82, 2.24) is 15.1 Å². The summed E-state index contributed by atoms with van der Waals surface area (Å²) in [5.74, 6) is 0.548. The van der Waals surface area contributed by atoms with Crippen LogP contribution >= 0.6 is 0 Å². The second kappa shape index (κ2) is 5.02. The average Bonchev–Trinajstić information content (AvgIpc) is 2.84. The van der Waals surface area contributed by atoms with E-state index in [9.17, 15) is 0 Å². The molecule has 1 saturated heterocycles. The second-order valence-corrected chi connectivity index (χ2v) is 6.28. The molecule has 1 aromatic heterocycles. The molecule has 2 atom stereocenters. The first-order valence-corrected chi connectivity index (χ1v) is 6.73. The van der Waals surface area contributed by atoms with Crippen LogP contribution in [-0.2, 0) is 11.8 Å². The van der Waals surface area contributed by atoms with Crippen molar-refractivity contribution < 1.29 is 4.74 Å². The lowest BCUT2D eigenvalue weighted by atomic mass is 9.94. The third-order valence-corrected chi connectivity index (χ3v) is 3.69. The molecule has 0 radical (unpaired) electrons. The molecular weight excluding hydrogens is 226 g/mol. The average molecular weight is 251 g/mol. The molecule has 0 saturated carbocycles. The molecule has 2 rings (SSSR count). The first-order valence-electron chi connectivity index (χ1n) is 6.73. The van der Waals surface area contributed by atoms with Gasteiger partial charge in [0.05, 0.1) is 12.3 Å². The van der Waals surface area contributed by atoms with Crippen molar-refractivity contribution in [2.45, 2.75) is 45.8 Å². The van der Waals surface area contributed by atoms with Gasteiger partial charge >= 0.3 is 0 Å². The summed E-state index contributed by atoms with van der Waals surface area (Å²) in [6, 6.07) is 0. The van der Waals surface area contributed by atoms with Gasteiger partial charge in [-0.2, -0.15) is 5.10 Å². The molecule has 2 heterocycles. The van der Waals surface area contributed by atoms with Crippen LogP contribution < -0.4 is 5.32 Å². The van der Waals surface area contributed by atoms with Crippen molar-refractivity contribution in [2.75, 3.05) is 13.2 Å². The number of hydrogen-bond donors (Lipinski definition) is 1. The quantitative estimate of drug-likeness (QED) is 0.895. The number of aromatic nitrogens is 2. The van der Waals surface area contributed by atoms with Gasteiger partial charge in [0.15, 0.2) is 0 Å².